The van der Waals surface area contributed by atoms with Gasteiger partial charge in [0, 0.05) is 31.6 Å². The average Bonchev–Trinajstić information content (AvgIpc) is 2.62. The fourth-order valence-electron chi connectivity index (χ4n) is 2.96. The van der Waals surface area contributed by atoms with E-state index in [1.165, 1.54) is 12.1 Å². The van der Waals surface area contributed by atoms with Gasteiger partial charge < -0.3 is 15.0 Å². The number of amides is 1. The fraction of sp³-hybridized carbons (Fsp3) is 0.316. The minimum Gasteiger partial charge on any atom is -0.380 e. The minimum absolute atomic E-state index is 0.0422. The molecule has 0 spiro atoms. The van der Waals surface area contributed by atoms with Gasteiger partial charge in [-0.15, -0.1) is 0 Å². The number of ether oxygens (including phenoxy) is 1. The fourth-order valence-corrected chi connectivity index (χ4v) is 2.96. The Kier molecular flexibility index (Phi) is 5.11. The maximum atomic E-state index is 13.6. The number of benzene rings is 2. The molecule has 126 valence electrons. The highest BCUT2D eigenvalue weighted by Crippen LogP contribution is 2.23. The number of rotatable bonds is 4. The van der Waals surface area contributed by atoms with Crippen LogP contribution in [0, 0.1) is 5.82 Å². The van der Waals surface area contributed by atoms with Crippen molar-refractivity contribution < 1.29 is 13.9 Å². The monoisotopic (exact) mass is 328 g/mol. The first kappa shape index (κ1) is 16.5. The van der Waals surface area contributed by atoms with Crippen LogP contribution in [0.1, 0.15) is 23.2 Å². The first-order chi connectivity index (χ1) is 11.7. The number of nitrogens with zero attached hydrogens (tertiary/aromatic N) is 1. The van der Waals surface area contributed by atoms with E-state index in [1.807, 2.05) is 24.3 Å². The third kappa shape index (κ3) is 3.74. The van der Waals surface area contributed by atoms with E-state index in [4.69, 9.17) is 4.74 Å². The predicted molar refractivity (Wildman–Crippen MR) is 93.0 cm³/mol. The van der Waals surface area contributed by atoms with E-state index in [0.29, 0.717) is 5.69 Å². The van der Waals surface area contributed by atoms with Crippen LogP contribution >= 0.6 is 0 Å². The summed E-state index contributed by atoms with van der Waals surface area (Å²) in [7, 11) is 1.75. The molecule has 1 N–H and O–H groups in total. The number of carbonyl (C=O) groups excluding carboxylic acids is 1. The van der Waals surface area contributed by atoms with Gasteiger partial charge in [-0.3, -0.25) is 4.79 Å². The molecule has 3 rings (SSSR count). The highest BCUT2D eigenvalue weighted by atomic mass is 19.1. The number of nitrogens with one attached hydrogen (secondary N) is 1. The third-order valence-corrected chi connectivity index (χ3v) is 4.32. The van der Waals surface area contributed by atoms with Gasteiger partial charge in [0.15, 0.2) is 0 Å². The summed E-state index contributed by atoms with van der Waals surface area (Å²) in [4.78, 5) is 14.4. The molecule has 0 saturated carbocycles. The van der Waals surface area contributed by atoms with E-state index in [-0.39, 0.29) is 11.7 Å². The second-order valence-corrected chi connectivity index (χ2v) is 5.93. The zero-order chi connectivity index (χ0) is 16.9. The second-order valence-electron chi connectivity index (χ2n) is 5.93. The Labute approximate surface area is 141 Å². The lowest BCUT2D eigenvalue weighted by atomic mass is 10.1. The normalized spacial score (nSPS) is 17.6. The van der Waals surface area contributed by atoms with Crippen LogP contribution in [0.3, 0.4) is 0 Å². The molecule has 1 atom stereocenters. The van der Waals surface area contributed by atoms with Crippen LogP contribution in [0.15, 0.2) is 48.5 Å². The second kappa shape index (κ2) is 7.45. The van der Waals surface area contributed by atoms with Crippen molar-refractivity contribution in [2.75, 3.05) is 30.4 Å². The van der Waals surface area contributed by atoms with Crippen LogP contribution < -0.4 is 10.2 Å². The van der Waals surface area contributed by atoms with Gasteiger partial charge in [0.25, 0.3) is 5.91 Å². The van der Waals surface area contributed by atoms with Crippen molar-refractivity contribution in [3.8, 4) is 0 Å². The number of halogens is 1. The van der Waals surface area contributed by atoms with E-state index in [1.54, 1.807) is 19.2 Å². The largest absolute Gasteiger partial charge is 0.380 e. The molecule has 1 fully saturated rings. The Morgan fingerprint density at radius 2 is 1.96 bits per heavy atom. The van der Waals surface area contributed by atoms with Gasteiger partial charge in [0.2, 0.25) is 0 Å². The lowest BCUT2D eigenvalue weighted by Crippen LogP contribution is -2.39. The summed E-state index contributed by atoms with van der Waals surface area (Å²) in [6.07, 6.45) is 2.45. The molecule has 1 heterocycles. The SMILES string of the molecule is COC1CCCN(c2ccc(NC(=O)c3ccccc3F)cc2)C1. The molecule has 4 nitrogen and oxygen atoms in total. The Hall–Kier alpha value is -2.40. The maximum absolute atomic E-state index is 13.6. The van der Waals surface area contributed by atoms with Crippen LogP contribution in [-0.4, -0.2) is 32.2 Å². The summed E-state index contributed by atoms with van der Waals surface area (Å²) in [6.45, 7) is 1.87. The van der Waals surface area contributed by atoms with Crippen molar-refractivity contribution in [2.45, 2.75) is 18.9 Å². The Morgan fingerprint density at radius 1 is 1.21 bits per heavy atom. The predicted octanol–water partition coefficient (Wildman–Crippen LogP) is 3.69. The van der Waals surface area contributed by atoms with Crippen LogP contribution in [0.25, 0.3) is 0 Å². The van der Waals surface area contributed by atoms with Crippen molar-refractivity contribution in [2.24, 2.45) is 0 Å². The molecule has 0 aromatic heterocycles. The Balaban J connectivity index is 1.66. The Bertz CT molecular complexity index is 703. The highest BCUT2D eigenvalue weighted by Gasteiger charge is 2.19. The number of methoxy groups -OCH3 is 1. The molecule has 24 heavy (non-hydrogen) atoms. The maximum Gasteiger partial charge on any atom is 0.258 e. The lowest BCUT2D eigenvalue weighted by molar-refractivity contribution is 0.0893. The summed E-state index contributed by atoms with van der Waals surface area (Å²) >= 11 is 0. The van der Waals surface area contributed by atoms with E-state index in [2.05, 4.69) is 10.2 Å². The number of anilines is 2. The van der Waals surface area contributed by atoms with E-state index in [9.17, 15) is 9.18 Å². The van der Waals surface area contributed by atoms with Gasteiger partial charge in [0.1, 0.15) is 5.82 Å². The molecule has 2 aromatic rings. The minimum atomic E-state index is -0.523. The van der Waals surface area contributed by atoms with Crippen molar-refractivity contribution in [3.05, 3.63) is 59.9 Å². The standard InChI is InChI=1S/C19H21FN2O2/c1-24-16-5-4-12-22(13-16)15-10-8-14(9-11-15)21-19(23)17-6-2-3-7-18(17)20/h2-3,6-11,16H,4-5,12-13H2,1H3,(H,21,23). The van der Waals surface area contributed by atoms with Gasteiger partial charge >= 0.3 is 0 Å². The number of hydrogen-bond donors (Lipinski definition) is 1. The number of piperidine rings is 1. The molecule has 0 bridgehead atoms. The number of hydrogen-bond acceptors (Lipinski definition) is 3. The molecule has 1 aliphatic rings. The summed E-state index contributed by atoms with van der Waals surface area (Å²) in [5.41, 5.74) is 1.79. The summed E-state index contributed by atoms with van der Waals surface area (Å²) < 4.78 is 19.1. The highest BCUT2D eigenvalue weighted by molar-refractivity contribution is 6.04. The molecule has 0 radical (unpaired) electrons. The van der Waals surface area contributed by atoms with E-state index < -0.39 is 11.7 Å². The van der Waals surface area contributed by atoms with Crippen molar-refractivity contribution >= 4 is 17.3 Å². The average molecular weight is 328 g/mol. The van der Waals surface area contributed by atoms with Gasteiger partial charge in [0.05, 0.1) is 11.7 Å². The van der Waals surface area contributed by atoms with Gasteiger partial charge in [-0.1, -0.05) is 12.1 Å². The van der Waals surface area contributed by atoms with Crippen LogP contribution in [0.2, 0.25) is 0 Å². The summed E-state index contributed by atoms with van der Waals surface area (Å²) in [5.74, 6) is -0.969. The molecule has 1 saturated heterocycles. The molecule has 1 amide bonds. The molecule has 0 aliphatic carbocycles. The number of carbonyl (C=O) groups is 1. The third-order valence-electron chi connectivity index (χ3n) is 4.32. The lowest BCUT2D eigenvalue weighted by Gasteiger charge is -2.33. The zero-order valence-corrected chi connectivity index (χ0v) is 13.7. The zero-order valence-electron chi connectivity index (χ0n) is 13.7. The van der Waals surface area contributed by atoms with Gasteiger partial charge in [-0.05, 0) is 49.2 Å². The van der Waals surface area contributed by atoms with E-state index in [0.717, 1.165) is 31.6 Å². The molecular formula is C19H21FN2O2. The quantitative estimate of drug-likeness (QED) is 0.930. The topological polar surface area (TPSA) is 41.6 Å². The van der Waals surface area contributed by atoms with Gasteiger partial charge in [-0.25, -0.2) is 4.39 Å². The van der Waals surface area contributed by atoms with Gasteiger partial charge in [-0.2, -0.15) is 0 Å². The van der Waals surface area contributed by atoms with E-state index >= 15 is 0 Å². The Morgan fingerprint density at radius 3 is 2.67 bits per heavy atom. The summed E-state index contributed by atoms with van der Waals surface area (Å²) in [5, 5.41) is 2.73. The molecule has 1 unspecified atom stereocenters. The smallest absolute Gasteiger partial charge is 0.258 e. The molecule has 5 heteroatoms. The first-order valence-corrected chi connectivity index (χ1v) is 8.11. The van der Waals surface area contributed by atoms with Crippen LogP contribution in [0.5, 0.6) is 0 Å². The van der Waals surface area contributed by atoms with Crippen LogP contribution in [-0.2, 0) is 4.74 Å². The van der Waals surface area contributed by atoms with Crippen molar-refractivity contribution in [3.63, 3.8) is 0 Å². The molecular weight excluding hydrogens is 307 g/mol. The van der Waals surface area contributed by atoms with Crippen molar-refractivity contribution in [1.82, 2.24) is 0 Å². The molecule has 2 aromatic carbocycles. The molecule has 1 aliphatic heterocycles. The van der Waals surface area contributed by atoms with Crippen molar-refractivity contribution in [1.29, 1.82) is 0 Å². The first-order valence-electron chi connectivity index (χ1n) is 8.11. The summed E-state index contributed by atoms with van der Waals surface area (Å²) in [6, 6.07) is 13.6. The van der Waals surface area contributed by atoms with Crippen LogP contribution in [0.4, 0.5) is 15.8 Å².